The van der Waals surface area contributed by atoms with Crippen LogP contribution in [0.25, 0.3) is 0 Å². The standard InChI is InChI=1S/C22H25N7O/c1-2-16(1)19-13-20(26-25-19)24-22-15-28(14-21-23-7-8-29(21)22)18-5-3-17(4-6-18)27-9-11-30-12-10-27/h3-8,13,15-16H,1-2,9-12,14H2,(H2,24,25,26)/q+1. The third kappa shape index (κ3) is 3.38. The fourth-order valence-electron chi connectivity index (χ4n) is 4.15. The van der Waals surface area contributed by atoms with E-state index < -0.39 is 0 Å². The molecule has 1 aromatic heterocycles. The van der Waals surface area contributed by atoms with Gasteiger partial charge >= 0.3 is 0 Å². The van der Waals surface area contributed by atoms with Crippen LogP contribution in [-0.2, 0) is 4.74 Å². The molecular formula is C22H25N7O+. The lowest BCUT2D eigenvalue weighted by atomic mass is 10.2. The monoisotopic (exact) mass is 403 g/mol. The van der Waals surface area contributed by atoms with Gasteiger partial charge in [0.05, 0.1) is 25.6 Å². The minimum Gasteiger partial charge on any atom is -0.378 e. The Labute approximate surface area is 175 Å². The Hall–Kier alpha value is -3.10. The van der Waals surface area contributed by atoms with E-state index in [1.165, 1.54) is 24.2 Å². The fourth-order valence-corrected chi connectivity index (χ4v) is 4.15. The Morgan fingerprint density at radius 1 is 1.10 bits per heavy atom. The average molecular weight is 403 g/mol. The lowest BCUT2D eigenvalue weighted by Gasteiger charge is -2.30. The Morgan fingerprint density at radius 3 is 2.70 bits per heavy atom. The largest absolute Gasteiger partial charge is 0.378 e. The van der Waals surface area contributed by atoms with Crippen LogP contribution in [-0.4, -0.2) is 48.9 Å². The number of fused-ring (bicyclic) bond motifs is 1. The number of H-pyrrole nitrogens is 1. The smallest absolute Gasteiger partial charge is 0.284 e. The third-order valence-electron chi connectivity index (χ3n) is 6.00. The molecule has 0 unspecified atom stereocenters. The van der Waals surface area contributed by atoms with Crippen LogP contribution >= 0.6 is 0 Å². The summed E-state index contributed by atoms with van der Waals surface area (Å²) in [6.45, 7) is 4.21. The molecule has 0 atom stereocenters. The Balaban J connectivity index is 1.24. The predicted octanol–water partition coefficient (Wildman–Crippen LogP) is 2.88. The van der Waals surface area contributed by atoms with E-state index in [-0.39, 0.29) is 0 Å². The zero-order valence-electron chi connectivity index (χ0n) is 16.8. The minimum absolute atomic E-state index is 0.652. The van der Waals surface area contributed by atoms with Gasteiger partial charge in [-0.25, -0.2) is 0 Å². The number of nitrogens with zero attached hydrogens (tertiary/aromatic N) is 5. The van der Waals surface area contributed by atoms with Gasteiger partial charge in [-0.15, -0.1) is 0 Å². The van der Waals surface area contributed by atoms with Crippen LogP contribution in [0.15, 0.2) is 59.7 Å². The average Bonchev–Trinajstić information content (AvgIpc) is 3.35. The molecule has 1 aliphatic carbocycles. The van der Waals surface area contributed by atoms with Crippen LogP contribution in [0.3, 0.4) is 0 Å². The highest BCUT2D eigenvalue weighted by Gasteiger charge is 2.38. The van der Waals surface area contributed by atoms with Gasteiger partial charge in [0.2, 0.25) is 0 Å². The molecule has 2 fully saturated rings. The molecule has 8 heteroatoms. The van der Waals surface area contributed by atoms with Gasteiger partial charge in [0.25, 0.3) is 11.7 Å². The maximum Gasteiger partial charge on any atom is 0.284 e. The van der Waals surface area contributed by atoms with E-state index in [0.29, 0.717) is 5.92 Å². The second-order valence-electron chi connectivity index (χ2n) is 8.08. The van der Waals surface area contributed by atoms with Gasteiger partial charge in [-0.3, -0.25) is 10.4 Å². The summed E-state index contributed by atoms with van der Waals surface area (Å²) in [6.07, 6.45) is 8.47. The van der Waals surface area contributed by atoms with E-state index in [2.05, 4.69) is 71.7 Å². The molecule has 0 amide bonds. The van der Waals surface area contributed by atoms with E-state index in [4.69, 9.17) is 4.74 Å². The lowest BCUT2D eigenvalue weighted by Crippen LogP contribution is -2.45. The molecule has 1 radical (unpaired) electrons. The third-order valence-corrected chi connectivity index (χ3v) is 6.00. The van der Waals surface area contributed by atoms with E-state index in [0.717, 1.165) is 56.0 Å². The first-order chi connectivity index (χ1) is 14.8. The Bertz CT molecular complexity index is 1010. The molecule has 153 valence electrons. The molecule has 8 nitrogen and oxygen atoms in total. The summed E-state index contributed by atoms with van der Waals surface area (Å²) in [5.74, 6) is 3.43. The van der Waals surface area contributed by atoms with Gasteiger partial charge in [-0.05, 0) is 42.0 Å². The first-order valence-electron chi connectivity index (χ1n) is 10.6. The summed E-state index contributed by atoms with van der Waals surface area (Å²) in [6, 6.07) is 10.9. The minimum atomic E-state index is 0.652. The number of amidine groups is 1. The number of hydrogen-bond donors (Lipinski definition) is 2. The maximum absolute atomic E-state index is 5.46. The number of benzene rings is 1. The van der Waals surface area contributed by atoms with Gasteiger partial charge in [-0.1, -0.05) is 0 Å². The molecule has 2 aromatic rings. The SMILES string of the molecule is C1=C[N+]2C(Nc3cc(C4CC4)[nH]n3)=CN(c3ccc(N4CCOCC4)cc3)CC2=N1. The van der Waals surface area contributed by atoms with Crippen molar-refractivity contribution >= 4 is 23.0 Å². The van der Waals surface area contributed by atoms with Crippen molar-refractivity contribution in [3.63, 3.8) is 0 Å². The number of nitrogens with one attached hydrogen (secondary N) is 2. The molecular weight excluding hydrogens is 378 g/mol. The molecule has 1 saturated heterocycles. The molecule has 1 saturated carbocycles. The van der Waals surface area contributed by atoms with E-state index in [1.54, 1.807) is 0 Å². The number of aliphatic imine (C=N–C) groups is 1. The van der Waals surface area contributed by atoms with Crippen LogP contribution in [0.4, 0.5) is 17.2 Å². The molecule has 4 aliphatic rings. The maximum atomic E-state index is 5.46. The summed E-state index contributed by atoms with van der Waals surface area (Å²) in [5, 5.41) is 11.1. The summed E-state index contributed by atoms with van der Waals surface area (Å²) < 4.78 is 5.46. The topological polar surface area (TPSA) is 74.7 Å². The van der Waals surface area contributed by atoms with Crippen molar-refractivity contribution < 1.29 is 4.74 Å². The quantitative estimate of drug-likeness (QED) is 0.751. The molecule has 30 heavy (non-hydrogen) atoms. The van der Waals surface area contributed by atoms with Crippen molar-refractivity contribution in [3.05, 3.63) is 60.4 Å². The van der Waals surface area contributed by atoms with Crippen molar-refractivity contribution in [2.75, 3.05) is 48.0 Å². The van der Waals surface area contributed by atoms with Gasteiger partial charge in [0, 0.05) is 42.1 Å². The fraction of sp³-hybridized carbons (Fsp3) is 0.364. The van der Waals surface area contributed by atoms with Gasteiger partial charge in [0.1, 0.15) is 6.54 Å². The number of rotatable bonds is 5. The van der Waals surface area contributed by atoms with Crippen LogP contribution in [0.2, 0.25) is 0 Å². The van der Waals surface area contributed by atoms with Crippen molar-refractivity contribution in [1.82, 2.24) is 15.1 Å². The number of hydrogen-bond acceptors (Lipinski definition) is 7. The predicted molar refractivity (Wildman–Crippen MR) is 118 cm³/mol. The second-order valence-corrected chi connectivity index (χ2v) is 8.08. The van der Waals surface area contributed by atoms with E-state index in [1.807, 2.05) is 12.4 Å². The molecule has 6 rings (SSSR count). The molecule has 1 aromatic carbocycles. The number of aromatic amines is 1. The van der Waals surface area contributed by atoms with E-state index in [9.17, 15) is 0 Å². The lowest BCUT2D eigenvalue weighted by molar-refractivity contribution is 0.122. The second kappa shape index (κ2) is 7.30. The van der Waals surface area contributed by atoms with Crippen molar-refractivity contribution in [3.8, 4) is 0 Å². The zero-order valence-corrected chi connectivity index (χ0v) is 16.8. The highest BCUT2D eigenvalue weighted by atomic mass is 16.5. The molecule has 0 spiro atoms. The Kier molecular flexibility index (Phi) is 4.32. The van der Waals surface area contributed by atoms with Gasteiger partial charge < -0.3 is 14.5 Å². The van der Waals surface area contributed by atoms with Crippen LogP contribution < -0.4 is 20.0 Å². The molecule has 4 heterocycles. The van der Waals surface area contributed by atoms with Crippen molar-refractivity contribution in [2.24, 2.45) is 4.99 Å². The first-order valence-corrected chi connectivity index (χ1v) is 10.6. The molecule has 0 bridgehead atoms. The summed E-state index contributed by atoms with van der Waals surface area (Å²) >= 11 is 0. The van der Waals surface area contributed by atoms with Crippen LogP contribution in [0.1, 0.15) is 24.5 Å². The van der Waals surface area contributed by atoms with Crippen molar-refractivity contribution in [1.29, 1.82) is 0 Å². The van der Waals surface area contributed by atoms with Crippen molar-refractivity contribution in [2.45, 2.75) is 18.8 Å². The molecule has 2 N–H and O–H groups in total. The first kappa shape index (κ1) is 17.7. The summed E-state index contributed by atoms with van der Waals surface area (Å²) in [4.78, 5) is 11.2. The van der Waals surface area contributed by atoms with Crippen LogP contribution in [0, 0.1) is 0 Å². The summed E-state index contributed by atoms with van der Waals surface area (Å²) in [5.41, 5.74) is 3.60. The molecule has 3 aliphatic heterocycles. The van der Waals surface area contributed by atoms with E-state index >= 15 is 0 Å². The normalized spacial score (nSPS) is 21.5. The number of ether oxygens (including phenoxy) is 1. The highest BCUT2D eigenvalue weighted by Crippen LogP contribution is 2.39. The van der Waals surface area contributed by atoms with Crippen LogP contribution in [0.5, 0.6) is 0 Å². The van der Waals surface area contributed by atoms with Gasteiger partial charge in [-0.2, -0.15) is 10.1 Å². The number of anilines is 3. The Morgan fingerprint density at radius 2 is 1.90 bits per heavy atom. The summed E-state index contributed by atoms with van der Waals surface area (Å²) in [7, 11) is 0. The highest BCUT2D eigenvalue weighted by molar-refractivity contribution is 5.96. The number of morpholine rings is 1. The zero-order chi connectivity index (χ0) is 19.9. The van der Waals surface area contributed by atoms with Gasteiger partial charge in [0.15, 0.2) is 12.0 Å². The number of aromatic nitrogens is 2.